The van der Waals surface area contributed by atoms with Gasteiger partial charge < -0.3 is 10.5 Å². The zero-order valence-electron chi connectivity index (χ0n) is 9.92. The van der Waals surface area contributed by atoms with Crippen molar-refractivity contribution in [3.63, 3.8) is 0 Å². The monoisotopic (exact) mass is 229 g/mol. The number of hydrogen-bond acceptors (Lipinski definition) is 4. The lowest BCUT2D eigenvalue weighted by molar-refractivity contribution is 0.446. The molecule has 0 fully saturated rings. The maximum atomic E-state index is 5.87. The van der Waals surface area contributed by atoms with Crippen LogP contribution in [0.4, 0.5) is 0 Å². The molecule has 4 nitrogen and oxygen atoms in total. The van der Waals surface area contributed by atoms with Crippen LogP contribution < -0.4 is 10.5 Å². The molecule has 0 unspecified atom stereocenters. The Bertz CT molecular complexity index is 512. The molecule has 0 aromatic carbocycles. The van der Waals surface area contributed by atoms with E-state index in [0.717, 1.165) is 11.3 Å². The number of ether oxygens (including phenoxy) is 1. The first-order valence-electron chi connectivity index (χ1n) is 5.48. The van der Waals surface area contributed by atoms with E-state index in [1.54, 1.807) is 12.4 Å². The third kappa shape index (κ3) is 2.60. The molecule has 2 N–H and O–H groups in total. The van der Waals surface area contributed by atoms with E-state index in [2.05, 4.69) is 9.97 Å². The van der Waals surface area contributed by atoms with Crippen molar-refractivity contribution in [1.29, 1.82) is 0 Å². The predicted octanol–water partition coefficient (Wildman–Crippen LogP) is 2.60. The van der Waals surface area contributed by atoms with Gasteiger partial charge in [-0.2, -0.15) is 0 Å². The van der Waals surface area contributed by atoms with Gasteiger partial charge in [0, 0.05) is 24.0 Å². The van der Waals surface area contributed by atoms with Crippen LogP contribution in [0.15, 0.2) is 36.7 Å². The number of aryl methyl sites for hydroxylation is 1. The molecular weight excluding hydrogens is 214 g/mol. The molecule has 0 saturated carbocycles. The summed E-state index contributed by atoms with van der Waals surface area (Å²) in [7, 11) is 0. The van der Waals surface area contributed by atoms with Gasteiger partial charge in [-0.3, -0.25) is 4.98 Å². The average molecular weight is 229 g/mol. The molecule has 0 aliphatic rings. The molecule has 0 aliphatic heterocycles. The van der Waals surface area contributed by atoms with Gasteiger partial charge in [0.1, 0.15) is 0 Å². The second kappa shape index (κ2) is 4.93. The second-order valence-corrected chi connectivity index (χ2v) is 3.88. The molecule has 1 atom stereocenters. The number of aromatic nitrogens is 2. The summed E-state index contributed by atoms with van der Waals surface area (Å²) in [6, 6.07) is 7.34. The van der Waals surface area contributed by atoms with E-state index in [1.165, 1.54) is 0 Å². The minimum absolute atomic E-state index is 0.115. The van der Waals surface area contributed by atoms with Gasteiger partial charge in [-0.1, -0.05) is 6.07 Å². The van der Waals surface area contributed by atoms with Crippen LogP contribution in [0, 0.1) is 6.92 Å². The van der Waals surface area contributed by atoms with Crippen molar-refractivity contribution < 1.29 is 4.74 Å². The molecule has 0 spiro atoms. The molecule has 2 aromatic heterocycles. The van der Waals surface area contributed by atoms with E-state index in [9.17, 15) is 0 Å². The van der Waals surface area contributed by atoms with E-state index in [0.29, 0.717) is 11.6 Å². The van der Waals surface area contributed by atoms with Crippen LogP contribution in [-0.4, -0.2) is 9.97 Å². The highest BCUT2D eigenvalue weighted by Crippen LogP contribution is 2.27. The van der Waals surface area contributed by atoms with Crippen molar-refractivity contribution in [2.24, 2.45) is 5.73 Å². The number of nitrogens with zero attached hydrogens (tertiary/aromatic N) is 2. The molecule has 2 heterocycles. The highest BCUT2D eigenvalue weighted by Gasteiger charge is 2.10. The third-order valence-electron chi connectivity index (χ3n) is 2.46. The molecule has 2 aromatic rings. The Labute approximate surface area is 100 Å². The number of rotatable bonds is 3. The molecule has 0 saturated heterocycles. The first-order chi connectivity index (χ1) is 8.18. The number of nitrogens with two attached hydrogens (primary N) is 1. The van der Waals surface area contributed by atoms with E-state index in [4.69, 9.17) is 10.5 Å². The average Bonchev–Trinajstić information content (AvgIpc) is 2.32. The Balaban J connectivity index is 2.34. The van der Waals surface area contributed by atoms with Gasteiger partial charge in [-0.05, 0) is 32.0 Å². The fraction of sp³-hybridized carbons (Fsp3) is 0.231. The summed E-state index contributed by atoms with van der Waals surface area (Å²) in [6.45, 7) is 3.80. The number of hydrogen-bond donors (Lipinski definition) is 1. The topological polar surface area (TPSA) is 61.0 Å². The quantitative estimate of drug-likeness (QED) is 0.878. The molecule has 17 heavy (non-hydrogen) atoms. The SMILES string of the molecule is Cc1ncccc1Oc1ncccc1[C@@H](C)N. The minimum Gasteiger partial charge on any atom is -0.437 e. The highest BCUT2D eigenvalue weighted by atomic mass is 16.5. The molecule has 0 amide bonds. The van der Waals surface area contributed by atoms with Crippen LogP contribution in [0.3, 0.4) is 0 Å². The maximum Gasteiger partial charge on any atom is 0.224 e. The Morgan fingerprint density at radius 3 is 2.59 bits per heavy atom. The van der Waals surface area contributed by atoms with Gasteiger partial charge in [-0.25, -0.2) is 4.98 Å². The summed E-state index contributed by atoms with van der Waals surface area (Å²) in [5.41, 5.74) is 7.58. The maximum absolute atomic E-state index is 5.87. The zero-order chi connectivity index (χ0) is 12.3. The van der Waals surface area contributed by atoms with Gasteiger partial charge in [0.15, 0.2) is 5.75 Å². The number of pyridine rings is 2. The first-order valence-corrected chi connectivity index (χ1v) is 5.48. The first kappa shape index (κ1) is 11.5. The molecule has 0 bridgehead atoms. The molecule has 0 aliphatic carbocycles. The molecule has 4 heteroatoms. The minimum atomic E-state index is -0.115. The van der Waals surface area contributed by atoms with Crippen LogP contribution >= 0.6 is 0 Å². The fourth-order valence-corrected chi connectivity index (χ4v) is 1.52. The Morgan fingerprint density at radius 2 is 1.88 bits per heavy atom. The van der Waals surface area contributed by atoms with Crippen molar-refractivity contribution in [1.82, 2.24) is 9.97 Å². The fourth-order valence-electron chi connectivity index (χ4n) is 1.52. The van der Waals surface area contributed by atoms with Crippen molar-refractivity contribution in [3.05, 3.63) is 47.9 Å². The van der Waals surface area contributed by atoms with Gasteiger partial charge in [0.05, 0.1) is 5.69 Å². The van der Waals surface area contributed by atoms with Gasteiger partial charge >= 0.3 is 0 Å². The third-order valence-corrected chi connectivity index (χ3v) is 2.46. The van der Waals surface area contributed by atoms with Gasteiger partial charge in [0.2, 0.25) is 5.88 Å². The summed E-state index contributed by atoms with van der Waals surface area (Å²) in [6.07, 6.45) is 3.42. The van der Waals surface area contributed by atoms with Crippen LogP contribution in [-0.2, 0) is 0 Å². The summed E-state index contributed by atoms with van der Waals surface area (Å²) >= 11 is 0. The van der Waals surface area contributed by atoms with E-state index < -0.39 is 0 Å². The largest absolute Gasteiger partial charge is 0.437 e. The van der Waals surface area contributed by atoms with Crippen molar-refractivity contribution in [2.75, 3.05) is 0 Å². The normalized spacial score (nSPS) is 12.2. The zero-order valence-corrected chi connectivity index (χ0v) is 9.92. The van der Waals surface area contributed by atoms with Crippen LogP contribution in [0.2, 0.25) is 0 Å². The summed E-state index contributed by atoms with van der Waals surface area (Å²) in [4.78, 5) is 8.37. The Morgan fingerprint density at radius 1 is 1.18 bits per heavy atom. The lowest BCUT2D eigenvalue weighted by atomic mass is 10.1. The summed E-state index contributed by atoms with van der Waals surface area (Å²) < 4.78 is 5.75. The lowest BCUT2D eigenvalue weighted by Crippen LogP contribution is -2.07. The standard InChI is InChI=1S/C13H15N3O/c1-9(14)11-5-3-8-16-13(11)17-12-6-4-7-15-10(12)2/h3-9H,14H2,1-2H3/t9-/m1/s1. The second-order valence-electron chi connectivity index (χ2n) is 3.88. The highest BCUT2D eigenvalue weighted by molar-refractivity contribution is 5.35. The van der Waals surface area contributed by atoms with Gasteiger partial charge in [-0.15, -0.1) is 0 Å². The van der Waals surface area contributed by atoms with E-state index >= 15 is 0 Å². The Kier molecular flexibility index (Phi) is 3.35. The summed E-state index contributed by atoms with van der Waals surface area (Å²) in [5, 5.41) is 0. The lowest BCUT2D eigenvalue weighted by Gasteiger charge is -2.12. The van der Waals surface area contributed by atoms with Crippen LogP contribution in [0.1, 0.15) is 24.2 Å². The molecule has 0 radical (unpaired) electrons. The van der Waals surface area contributed by atoms with Crippen molar-refractivity contribution in [3.8, 4) is 11.6 Å². The molecule has 2 rings (SSSR count). The Hall–Kier alpha value is -1.94. The van der Waals surface area contributed by atoms with Crippen LogP contribution in [0.25, 0.3) is 0 Å². The molecule has 88 valence electrons. The van der Waals surface area contributed by atoms with Crippen molar-refractivity contribution >= 4 is 0 Å². The predicted molar refractivity (Wildman–Crippen MR) is 65.9 cm³/mol. The summed E-state index contributed by atoms with van der Waals surface area (Å²) in [5.74, 6) is 1.24. The van der Waals surface area contributed by atoms with E-state index in [1.807, 2.05) is 38.1 Å². The smallest absolute Gasteiger partial charge is 0.224 e. The molecular formula is C13H15N3O. The van der Waals surface area contributed by atoms with Crippen LogP contribution in [0.5, 0.6) is 11.6 Å². The van der Waals surface area contributed by atoms with E-state index in [-0.39, 0.29) is 6.04 Å². The van der Waals surface area contributed by atoms with Crippen molar-refractivity contribution in [2.45, 2.75) is 19.9 Å². The van der Waals surface area contributed by atoms with Gasteiger partial charge in [0.25, 0.3) is 0 Å².